The van der Waals surface area contributed by atoms with E-state index in [1.54, 1.807) is 43.0 Å². The maximum absolute atomic E-state index is 12.1. The number of carbonyl (C=O) groups excluding carboxylic acids is 2. The fourth-order valence-corrected chi connectivity index (χ4v) is 3.09. The molecule has 24 heavy (non-hydrogen) atoms. The number of hydrogen-bond acceptors (Lipinski definition) is 4. The van der Waals surface area contributed by atoms with Gasteiger partial charge in [-0.2, -0.15) is 0 Å². The van der Waals surface area contributed by atoms with Gasteiger partial charge in [-0.25, -0.2) is 4.79 Å². The SMILES string of the molecule is CCOC(=O)c1ccccc1NC(=O)CSCc1ccccc1C. The summed E-state index contributed by atoms with van der Waals surface area (Å²) in [6.45, 7) is 4.11. The van der Waals surface area contributed by atoms with Crippen molar-refractivity contribution >= 4 is 29.3 Å². The smallest absolute Gasteiger partial charge is 0.340 e. The van der Waals surface area contributed by atoms with E-state index in [9.17, 15) is 9.59 Å². The summed E-state index contributed by atoms with van der Waals surface area (Å²) in [7, 11) is 0. The van der Waals surface area contributed by atoms with Gasteiger partial charge in [-0.1, -0.05) is 36.4 Å². The van der Waals surface area contributed by atoms with E-state index >= 15 is 0 Å². The highest BCUT2D eigenvalue weighted by atomic mass is 32.2. The van der Waals surface area contributed by atoms with Gasteiger partial charge in [0.15, 0.2) is 0 Å². The average Bonchev–Trinajstić information content (AvgIpc) is 2.57. The third-order valence-corrected chi connectivity index (χ3v) is 4.43. The molecule has 0 aliphatic rings. The lowest BCUT2D eigenvalue weighted by Crippen LogP contribution is -2.17. The molecule has 0 fully saturated rings. The van der Waals surface area contributed by atoms with Crippen LogP contribution in [0.15, 0.2) is 48.5 Å². The van der Waals surface area contributed by atoms with Crippen molar-refractivity contribution < 1.29 is 14.3 Å². The van der Waals surface area contributed by atoms with Crippen molar-refractivity contribution in [3.8, 4) is 0 Å². The summed E-state index contributed by atoms with van der Waals surface area (Å²) in [6.07, 6.45) is 0. The van der Waals surface area contributed by atoms with Crippen LogP contribution in [0.25, 0.3) is 0 Å². The molecule has 2 aromatic rings. The standard InChI is InChI=1S/C19H21NO3S/c1-3-23-19(22)16-10-6-7-11-17(16)20-18(21)13-24-12-15-9-5-4-8-14(15)2/h4-11H,3,12-13H2,1-2H3,(H,20,21). The first-order valence-electron chi connectivity index (χ1n) is 7.80. The molecule has 0 spiro atoms. The van der Waals surface area contributed by atoms with Crippen LogP contribution in [0.1, 0.15) is 28.4 Å². The second-order valence-corrected chi connectivity index (χ2v) is 6.22. The number of thioether (sulfide) groups is 1. The van der Waals surface area contributed by atoms with E-state index in [0.29, 0.717) is 23.6 Å². The zero-order valence-corrected chi connectivity index (χ0v) is 14.7. The first-order valence-corrected chi connectivity index (χ1v) is 8.95. The first-order chi connectivity index (χ1) is 11.6. The molecule has 0 aliphatic carbocycles. The summed E-state index contributed by atoms with van der Waals surface area (Å²) in [5.41, 5.74) is 3.30. The van der Waals surface area contributed by atoms with Gasteiger partial charge in [0.1, 0.15) is 0 Å². The van der Waals surface area contributed by atoms with Crippen molar-refractivity contribution in [1.29, 1.82) is 0 Å². The quantitative estimate of drug-likeness (QED) is 0.771. The van der Waals surface area contributed by atoms with E-state index in [2.05, 4.69) is 24.4 Å². The Morgan fingerprint density at radius 2 is 1.79 bits per heavy atom. The average molecular weight is 343 g/mol. The Balaban J connectivity index is 1.91. The lowest BCUT2D eigenvalue weighted by Gasteiger charge is -2.10. The number of rotatable bonds is 7. The van der Waals surface area contributed by atoms with Gasteiger partial charge in [-0.05, 0) is 37.1 Å². The summed E-state index contributed by atoms with van der Waals surface area (Å²) in [6, 6.07) is 15.0. The van der Waals surface area contributed by atoms with E-state index in [1.807, 2.05) is 12.1 Å². The minimum Gasteiger partial charge on any atom is -0.462 e. The zero-order chi connectivity index (χ0) is 17.4. The van der Waals surface area contributed by atoms with Crippen LogP contribution in [0.3, 0.4) is 0 Å². The molecule has 1 amide bonds. The number of ether oxygens (including phenoxy) is 1. The van der Waals surface area contributed by atoms with E-state index in [4.69, 9.17) is 4.74 Å². The maximum Gasteiger partial charge on any atom is 0.340 e. The van der Waals surface area contributed by atoms with Crippen LogP contribution >= 0.6 is 11.8 Å². The number of nitrogens with one attached hydrogen (secondary N) is 1. The molecule has 0 saturated heterocycles. The Hall–Kier alpha value is -2.27. The van der Waals surface area contributed by atoms with Crippen LogP contribution in [0.4, 0.5) is 5.69 Å². The van der Waals surface area contributed by atoms with Crippen LogP contribution in [0.5, 0.6) is 0 Å². The largest absolute Gasteiger partial charge is 0.462 e. The van der Waals surface area contributed by atoms with Crippen molar-refractivity contribution in [3.05, 3.63) is 65.2 Å². The number of carbonyl (C=O) groups is 2. The Labute approximate surface area is 146 Å². The summed E-state index contributed by atoms with van der Waals surface area (Å²) >= 11 is 1.54. The van der Waals surface area contributed by atoms with Crippen molar-refractivity contribution in [2.24, 2.45) is 0 Å². The second-order valence-electron chi connectivity index (χ2n) is 5.23. The van der Waals surface area contributed by atoms with Gasteiger partial charge in [0.2, 0.25) is 5.91 Å². The number of para-hydroxylation sites is 1. The lowest BCUT2D eigenvalue weighted by atomic mass is 10.1. The molecule has 4 nitrogen and oxygen atoms in total. The van der Waals surface area contributed by atoms with Gasteiger partial charge in [-0.3, -0.25) is 4.79 Å². The van der Waals surface area contributed by atoms with Gasteiger partial charge in [-0.15, -0.1) is 11.8 Å². The van der Waals surface area contributed by atoms with Crippen molar-refractivity contribution in [1.82, 2.24) is 0 Å². The van der Waals surface area contributed by atoms with Crippen LogP contribution in [0.2, 0.25) is 0 Å². The maximum atomic E-state index is 12.1. The Bertz CT molecular complexity index is 715. The van der Waals surface area contributed by atoms with Crippen LogP contribution in [-0.4, -0.2) is 24.2 Å². The summed E-state index contributed by atoms with van der Waals surface area (Å²) < 4.78 is 5.01. The molecule has 5 heteroatoms. The van der Waals surface area contributed by atoms with Crippen molar-refractivity contribution in [2.75, 3.05) is 17.7 Å². The molecule has 0 heterocycles. The third kappa shape index (κ3) is 5.13. The molecule has 1 N–H and O–H groups in total. The van der Waals surface area contributed by atoms with Gasteiger partial charge < -0.3 is 10.1 Å². The molecule has 0 saturated carbocycles. The van der Waals surface area contributed by atoms with E-state index in [-0.39, 0.29) is 5.91 Å². The highest BCUT2D eigenvalue weighted by Crippen LogP contribution is 2.19. The highest BCUT2D eigenvalue weighted by molar-refractivity contribution is 7.99. The summed E-state index contributed by atoms with van der Waals surface area (Å²) in [5.74, 6) is 0.539. The second kappa shape index (κ2) is 9.13. The van der Waals surface area contributed by atoms with E-state index in [1.165, 1.54) is 11.1 Å². The normalized spacial score (nSPS) is 10.2. The molecule has 0 radical (unpaired) electrons. The fraction of sp³-hybridized carbons (Fsp3) is 0.263. The molecule has 2 rings (SSSR count). The number of esters is 1. The molecular weight excluding hydrogens is 322 g/mol. The first kappa shape index (κ1) is 18.1. The number of hydrogen-bond donors (Lipinski definition) is 1. The molecule has 0 bridgehead atoms. The van der Waals surface area contributed by atoms with Gasteiger partial charge in [0, 0.05) is 5.75 Å². The van der Waals surface area contributed by atoms with Crippen LogP contribution < -0.4 is 5.32 Å². The topological polar surface area (TPSA) is 55.4 Å². The van der Waals surface area contributed by atoms with Crippen molar-refractivity contribution in [2.45, 2.75) is 19.6 Å². The highest BCUT2D eigenvalue weighted by Gasteiger charge is 2.13. The number of aryl methyl sites for hydroxylation is 1. The molecule has 0 atom stereocenters. The lowest BCUT2D eigenvalue weighted by molar-refractivity contribution is -0.113. The van der Waals surface area contributed by atoms with Crippen molar-refractivity contribution in [3.63, 3.8) is 0 Å². The zero-order valence-electron chi connectivity index (χ0n) is 13.9. The van der Waals surface area contributed by atoms with Gasteiger partial charge in [0.25, 0.3) is 0 Å². The monoisotopic (exact) mass is 343 g/mol. The predicted molar refractivity (Wildman–Crippen MR) is 98.4 cm³/mol. The predicted octanol–water partition coefficient (Wildman–Crippen LogP) is 4.04. The molecular formula is C19H21NO3S. The van der Waals surface area contributed by atoms with E-state index in [0.717, 1.165) is 5.75 Å². The van der Waals surface area contributed by atoms with Crippen LogP contribution in [0, 0.1) is 6.92 Å². The van der Waals surface area contributed by atoms with Crippen LogP contribution in [-0.2, 0) is 15.3 Å². The Kier molecular flexibility index (Phi) is 6.88. The molecule has 2 aromatic carbocycles. The third-order valence-electron chi connectivity index (χ3n) is 3.45. The molecule has 0 aromatic heterocycles. The number of amides is 1. The minimum absolute atomic E-state index is 0.134. The number of anilines is 1. The Morgan fingerprint density at radius 3 is 2.54 bits per heavy atom. The summed E-state index contributed by atoms with van der Waals surface area (Å²) in [4.78, 5) is 24.0. The molecule has 0 aliphatic heterocycles. The van der Waals surface area contributed by atoms with E-state index < -0.39 is 5.97 Å². The Morgan fingerprint density at radius 1 is 1.08 bits per heavy atom. The van der Waals surface area contributed by atoms with Gasteiger partial charge in [0.05, 0.1) is 23.6 Å². The molecule has 126 valence electrons. The molecule has 0 unspecified atom stereocenters. The van der Waals surface area contributed by atoms with Gasteiger partial charge >= 0.3 is 5.97 Å². The minimum atomic E-state index is -0.430. The fourth-order valence-electron chi connectivity index (χ4n) is 2.19. The summed E-state index contributed by atoms with van der Waals surface area (Å²) in [5, 5.41) is 2.79. The number of benzene rings is 2.